The maximum atomic E-state index is 11.6. The summed E-state index contributed by atoms with van der Waals surface area (Å²) in [6.07, 6.45) is 6.47. The third-order valence-corrected chi connectivity index (χ3v) is 6.74. The van der Waals surface area contributed by atoms with Gasteiger partial charge in [0.15, 0.2) is 0 Å². The van der Waals surface area contributed by atoms with Crippen LogP contribution in [0.5, 0.6) is 5.75 Å². The van der Waals surface area contributed by atoms with Gasteiger partial charge in [-0.25, -0.2) is 4.98 Å². The molecule has 2 aliphatic rings. The molecule has 1 amide bonds. The van der Waals surface area contributed by atoms with Crippen LogP contribution in [0.4, 0.5) is 0 Å². The molecule has 2 aromatic heterocycles. The minimum Gasteiger partial charge on any atom is -0.489 e. The fourth-order valence-electron chi connectivity index (χ4n) is 4.08. The van der Waals surface area contributed by atoms with Gasteiger partial charge < -0.3 is 14.8 Å². The van der Waals surface area contributed by atoms with Crippen LogP contribution in [0.1, 0.15) is 32.2 Å². The first-order chi connectivity index (χ1) is 14.2. The molecule has 2 fully saturated rings. The van der Waals surface area contributed by atoms with Crippen LogP contribution in [-0.4, -0.2) is 46.5 Å². The molecular weight excluding hydrogens is 388 g/mol. The van der Waals surface area contributed by atoms with Gasteiger partial charge in [0.25, 0.3) is 0 Å². The molecule has 1 aromatic carbocycles. The van der Waals surface area contributed by atoms with Crippen LogP contribution in [-0.2, 0) is 9.53 Å². The van der Waals surface area contributed by atoms with Crippen molar-refractivity contribution in [1.82, 2.24) is 20.1 Å². The Morgan fingerprint density at radius 2 is 2.17 bits per heavy atom. The lowest BCUT2D eigenvalue weighted by Gasteiger charge is -2.22. The smallest absolute Gasteiger partial charge is 0.220 e. The van der Waals surface area contributed by atoms with E-state index in [4.69, 9.17) is 9.47 Å². The van der Waals surface area contributed by atoms with Crippen molar-refractivity contribution in [2.45, 2.75) is 38.3 Å². The average Bonchev–Trinajstić information content (AvgIpc) is 3.49. The van der Waals surface area contributed by atoms with Crippen molar-refractivity contribution in [3.63, 3.8) is 0 Å². The Kier molecular flexibility index (Phi) is 4.97. The van der Waals surface area contributed by atoms with Gasteiger partial charge >= 0.3 is 0 Å². The summed E-state index contributed by atoms with van der Waals surface area (Å²) in [5.74, 6) is 1.11. The number of ether oxygens (including phenoxy) is 2. The zero-order valence-electron chi connectivity index (χ0n) is 16.3. The lowest BCUT2D eigenvalue weighted by molar-refractivity contribution is -0.119. The molecule has 1 N–H and O–H groups in total. The first kappa shape index (κ1) is 18.6. The van der Waals surface area contributed by atoms with Crippen molar-refractivity contribution in [3.05, 3.63) is 30.0 Å². The Bertz CT molecular complexity index is 1020. The van der Waals surface area contributed by atoms with Crippen molar-refractivity contribution in [2.75, 3.05) is 19.8 Å². The van der Waals surface area contributed by atoms with Crippen molar-refractivity contribution in [3.8, 4) is 16.9 Å². The van der Waals surface area contributed by atoms with Gasteiger partial charge in [0.05, 0.1) is 28.0 Å². The quantitative estimate of drug-likeness (QED) is 0.695. The van der Waals surface area contributed by atoms with Gasteiger partial charge in [0.2, 0.25) is 5.91 Å². The Labute approximate surface area is 173 Å². The normalized spacial score (nSPS) is 21.4. The second kappa shape index (κ2) is 7.76. The molecule has 0 aliphatic carbocycles. The minimum absolute atomic E-state index is 0.0561. The highest BCUT2D eigenvalue weighted by atomic mass is 32.1. The second-order valence-electron chi connectivity index (χ2n) is 7.82. The zero-order chi connectivity index (χ0) is 19.8. The van der Waals surface area contributed by atoms with Crippen molar-refractivity contribution in [1.29, 1.82) is 0 Å². The molecular formula is C21H24N4O3S. The molecule has 3 aromatic rings. The number of hydrogen-bond donors (Lipinski definition) is 1. The van der Waals surface area contributed by atoms with Gasteiger partial charge in [0, 0.05) is 43.9 Å². The molecule has 0 saturated carbocycles. The van der Waals surface area contributed by atoms with Crippen LogP contribution in [0, 0.1) is 5.92 Å². The van der Waals surface area contributed by atoms with E-state index >= 15 is 0 Å². The molecule has 4 heterocycles. The third-order valence-electron chi connectivity index (χ3n) is 5.88. The minimum atomic E-state index is -0.0561. The van der Waals surface area contributed by atoms with E-state index in [9.17, 15) is 4.79 Å². The van der Waals surface area contributed by atoms with Crippen molar-refractivity contribution >= 4 is 27.5 Å². The molecule has 8 heteroatoms. The van der Waals surface area contributed by atoms with Gasteiger partial charge in [-0.1, -0.05) is 0 Å². The number of nitrogens with zero attached hydrogens (tertiary/aromatic N) is 3. The van der Waals surface area contributed by atoms with Crippen molar-refractivity contribution in [2.24, 2.45) is 5.92 Å². The number of carbonyl (C=O) groups is 1. The summed E-state index contributed by atoms with van der Waals surface area (Å²) in [6, 6.07) is 4.56. The van der Waals surface area contributed by atoms with E-state index in [0.29, 0.717) is 19.0 Å². The van der Waals surface area contributed by atoms with Crippen LogP contribution < -0.4 is 10.1 Å². The number of amides is 1. The molecule has 0 bridgehead atoms. The maximum Gasteiger partial charge on any atom is 0.220 e. The number of nitrogens with one attached hydrogen (secondary N) is 1. The number of benzene rings is 1. The zero-order valence-corrected chi connectivity index (χ0v) is 17.2. The van der Waals surface area contributed by atoms with E-state index in [1.165, 1.54) is 0 Å². The highest BCUT2D eigenvalue weighted by Gasteiger charge is 2.28. The van der Waals surface area contributed by atoms with E-state index < -0.39 is 0 Å². The SMILES string of the molecule is C[C@H](Oc1cc(-c2cnn(C3CCOCC3)c2)cc2ncsc12)[C@@H]1CNC(=O)C1. The lowest BCUT2D eigenvalue weighted by Crippen LogP contribution is -2.25. The summed E-state index contributed by atoms with van der Waals surface area (Å²) in [4.78, 5) is 16.1. The van der Waals surface area contributed by atoms with Crippen LogP contribution in [0.2, 0.25) is 0 Å². The summed E-state index contributed by atoms with van der Waals surface area (Å²) in [6.45, 7) is 4.29. The van der Waals surface area contributed by atoms with Gasteiger partial charge in [-0.2, -0.15) is 5.10 Å². The van der Waals surface area contributed by atoms with E-state index in [1.807, 2.05) is 18.6 Å². The molecule has 0 spiro atoms. The number of aromatic nitrogens is 3. The fourth-order valence-corrected chi connectivity index (χ4v) is 4.81. The predicted octanol–water partition coefficient (Wildman–Crippen LogP) is 3.41. The molecule has 29 heavy (non-hydrogen) atoms. The fraction of sp³-hybridized carbons (Fsp3) is 0.476. The number of rotatable bonds is 5. The number of thiazole rings is 1. The third kappa shape index (κ3) is 3.74. The summed E-state index contributed by atoms with van der Waals surface area (Å²) in [7, 11) is 0. The largest absolute Gasteiger partial charge is 0.489 e. The summed E-state index contributed by atoms with van der Waals surface area (Å²) in [5, 5.41) is 7.49. The van der Waals surface area contributed by atoms with Gasteiger partial charge in [0.1, 0.15) is 11.9 Å². The van der Waals surface area contributed by atoms with Crippen LogP contribution in [0.15, 0.2) is 30.0 Å². The average molecular weight is 413 g/mol. The first-order valence-electron chi connectivity index (χ1n) is 10.1. The first-order valence-corrected chi connectivity index (χ1v) is 11.0. The van der Waals surface area contributed by atoms with Crippen molar-refractivity contribution < 1.29 is 14.3 Å². The molecule has 0 radical (unpaired) electrons. The van der Waals surface area contributed by atoms with Crippen LogP contribution in [0.25, 0.3) is 21.3 Å². The number of hydrogen-bond acceptors (Lipinski definition) is 6. The summed E-state index contributed by atoms with van der Waals surface area (Å²) >= 11 is 1.58. The predicted molar refractivity (Wildman–Crippen MR) is 111 cm³/mol. The molecule has 5 rings (SSSR count). The monoisotopic (exact) mass is 412 g/mol. The maximum absolute atomic E-state index is 11.6. The highest BCUT2D eigenvalue weighted by Crippen LogP contribution is 2.36. The number of carbonyl (C=O) groups excluding carboxylic acids is 1. The molecule has 7 nitrogen and oxygen atoms in total. The molecule has 0 unspecified atom stereocenters. The topological polar surface area (TPSA) is 78.3 Å². The Hall–Kier alpha value is -2.45. The van der Waals surface area contributed by atoms with E-state index in [2.05, 4.69) is 38.4 Å². The van der Waals surface area contributed by atoms with Crippen LogP contribution in [0.3, 0.4) is 0 Å². The Balaban J connectivity index is 1.43. The highest BCUT2D eigenvalue weighted by molar-refractivity contribution is 7.17. The molecule has 2 saturated heterocycles. The van der Waals surface area contributed by atoms with Gasteiger partial charge in [-0.05, 0) is 37.5 Å². The van der Waals surface area contributed by atoms with Crippen LogP contribution >= 0.6 is 11.3 Å². The molecule has 2 atom stereocenters. The lowest BCUT2D eigenvalue weighted by atomic mass is 10.0. The summed E-state index contributed by atoms with van der Waals surface area (Å²) < 4.78 is 14.9. The molecule has 152 valence electrons. The Morgan fingerprint density at radius 3 is 2.97 bits per heavy atom. The van der Waals surface area contributed by atoms with Gasteiger partial charge in [-0.3, -0.25) is 9.48 Å². The second-order valence-corrected chi connectivity index (χ2v) is 8.67. The molecule has 2 aliphatic heterocycles. The number of fused-ring (bicyclic) bond motifs is 1. The van der Waals surface area contributed by atoms with Gasteiger partial charge in [-0.15, -0.1) is 11.3 Å². The van der Waals surface area contributed by atoms with E-state index in [0.717, 1.165) is 53.1 Å². The van der Waals surface area contributed by atoms with E-state index in [1.54, 1.807) is 11.3 Å². The standard InChI is InChI=1S/C21H24N4O3S/c1-13(15-8-20(26)22-9-15)28-19-7-14(6-18-21(19)29-12-23-18)16-10-24-25(11-16)17-2-4-27-5-3-17/h6-7,10-13,15,17H,2-5,8-9H2,1H3,(H,22,26)/t13-,15-/m0/s1. The van der Waals surface area contributed by atoms with E-state index in [-0.39, 0.29) is 17.9 Å². The Morgan fingerprint density at radius 1 is 1.31 bits per heavy atom. The summed E-state index contributed by atoms with van der Waals surface area (Å²) in [5.41, 5.74) is 4.87.